The van der Waals surface area contributed by atoms with E-state index in [0.717, 1.165) is 30.2 Å². The third-order valence-electron chi connectivity index (χ3n) is 4.10. The van der Waals surface area contributed by atoms with Crippen LogP contribution in [0, 0.1) is 5.92 Å². The minimum Gasteiger partial charge on any atom is -0.338 e. The number of nitrogens with zero attached hydrogens (tertiary/aromatic N) is 1. The van der Waals surface area contributed by atoms with Crippen LogP contribution < -0.4 is 5.73 Å². The molecule has 2 N–H and O–H groups in total. The molecule has 0 spiro atoms. The molecule has 0 bridgehead atoms. The number of hydrogen-bond donors (Lipinski definition) is 1. The van der Waals surface area contributed by atoms with Gasteiger partial charge in [0.2, 0.25) is 5.91 Å². The van der Waals surface area contributed by atoms with Gasteiger partial charge >= 0.3 is 0 Å². The van der Waals surface area contributed by atoms with E-state index >= 15 is 0 Å². The standard InChI is InChI=1S/C16H24N2OS/c1-2-13-8-9-18(14(10-13)11-17)16(19)12-20-15-6-4-3-5-7-15/h3-7,13-14H,2,8-12,17H2,1H3. The smallest absolute Gasteiger partial charge is 0.233 e. The SMILES string of the molecule is CCC1CCN(C(=O)CSc2ccccc2)C(CN)C1. The van der Waals surface area contributed by atoms with Gasteiger partial charge < -0.3 is 10.6 Å². The molecule has 110 valence electrons. The molecular weight excluding hydrogens is 268 g/mol. The molecule has 0 radical (unpaired) electrons. The first kappa shape index (κ1) is 15.4. The zero-order chi connectivity index (χ0) is 14.4. The quantitative estimate of drug-likeness (QED) is 0.849. The molecule has 1 aromatic carbocycles. The molecule has 20 heavy (non-hydrogen) atoms. The number of nitrogens with two attached hydrogens (primary N) is 1. The second-order valence-corrected chi connectivity index (χ2v) is 6.43. The van der Waals surface area contributed by atoms with Crippen LogP contribution in [0.3, 0.4) is 0 Å². The van der Waals surface area contributed by atoms with Gasteiger partial charge in [0.05, 0.1) is 5.75 Å². The van der Waals surface area contributed by atoms with Crippen molar-refractivity contribution < 1.29 is 4.79 Å². The second-order valence-electron chi connectivity index (χ2n) is 5.38. The summed E-state index contributed by atoms with van der Waals surface area (Å²) < 4.78 is 0. The molecule has 1 aliphatic rings. The minimum atomic E-state index is 0.226. The van der Waals surface area contributed by atoms with Crippen LogP contribution >= 0.6 is 11.8 Å². The molecular formula is C16H24N2OS. The highest BCUT2D eigenvalue weighted by Gasteiger charge is 2.29. The maximum Gasteiger partial charge on any atom is 0.233 e. The van der Waals surface area contributed by atoms with Gasteiger partial charge in [0.1, 0.15) is 0 Å². The number of hydrogen-bond acceptors (Lipinski definition) is 3. The van der Waals surface area contributed by atoms with Crippen LogP contribution in [0.2, 0.25) is 0 Å². The Kier molecular flexibility index (Phi) is 5.92. The average Bonchev–Trinajstić information content (AvgIpc) is 2.52. The number of amides is 1. The summed E-state index contributed by atoms with van der Waals surface area (Å²) in [6.45, 7) is 3.67. The summed E-state index contributed by atoms with van der Waals surface area (Å²) in [6.07, 6.45) is 3.38. The second kappa shape index (κ2) is 7.70. The molecule has 2 rings (SSSR count). The number of thioether (sulfide) groups is 1. The lowest BCUT2D eigenvalue weighted by Gasteiger charge is -2.38. The van der Waals surface area contributed by atoms with Crippen molar-refractivity contribution in [1.29, 1.82) is 0 Å². The van der Waals surface area contributed by atoms with E-state index in [9.17, 15) is 4.79 Å². The fourth-order valence-corrected chi connectivity index (χ4v) is 3.61. The van der Waals surface area contributed by atoms with Crippen molar-refractivity contribution in [3.63, 3.8) is 0 Å². The first-order valence-electron chi connectivity index (χ1n) is 7.42. The molecule has 2 atom stereocenters. The van der Waals surface area contributed by atoms with E-state index in [1.165, 1.54) is 6.42 Å². The normalized spacial score (nSPS) is 22.8. The third-order valence-corrected chi connectivity index (χ3v) is 5.10. The van der Waals surface area contributed by atoms with Crippen molar-refractivity contribution in [3.05, 3.63) is 30.3 Å². The Balaban J connectivity index is 1.88. The summed E-state index contributed by atoms with van der Waals surface area (Å²) in [5.41, 5.74) is 5.85. The zero-order valence-corrected chi connectivity index (χ0v) is 12.9. The number of rotatable bonds is 5. The average molecular weight is 292 g/mol. The number of likely N-dealkylation sites (tertiary alicyclic amines) is 1. The molecule has 1 aromatic rings. The van der Waals surface area contributed by atoms with E-state index in [2.05, 4.69) is 6.92 Å². The lowest BCUT2D eigenvalue weighted by Crippen LogP contribution is -2.50. The third kappa shape index (κ3) is 4.00. The molecule has 4 heteroatoms. The van der Waals surface area contributed by atoms with Gasteiger partial charge in [-0.05, 0) is 30.9 Å². The molecule has 3 nitrogen and oxygen atoms in total. The summed E-state index contributed by atoms with van der Waals surface area (Å²) in [7, 11) is 0. The summed E-state index contributed by atoms with van der Waals surface area (Å²) in [5.74, 6) is 1.47. The van der Waals surface area contributed by atoms with Crippen molar-refractivity contribution in [2.45, 2.75) is 37.1 Å². The summed E-state index contributed by atoms with van der Waals surface area (Å²) in [4.78, 5) is 15.5. The lowest BCUT2D eigenvalue weighted by atomic mass is 9.89. The van der Waals surface area contributed by atoms with Crippen LogP contribution in [-0.2, 0) is 4.79 Å². The molecule has 0 saturated carbocycles. The van der Waals surface area contributed by atoms with Gasteiger partial charge in [0.25, 0.3) is 0 Å². The lowest BCUT2D eigenvalue weighted by molar-refractivity contribution is -0.132. The van der Waals surface area contributed by atoms with E-state index in [4.69, 9.17) is 5.73 Å². The Morgan fingerprint density at radius 1 is 1.40 bits per heavy atom. The van der Waals surface area contributed by atoms with E-state index < -0.39 is 0 Å². The van der Waals surface area contributed by atoms with Crippen molar-refractivity contribution in [3.8, 4) is 0 Å². The highest BCUT2D eigenvalue weighted by atomic mass is 32.2. The van der Waals surface area contributed by atoms with Gasteiger partial charge in [-0.2, -0.15) is 0 Å². The fourth-order valence-electron chi connectivity index (χ4n) is 2.80. The molecule has 0 aromatic heterocycles. The number of carbonyl (C=O) groups is 1. The molecule has 1 fully saturated rings. The molecule has 0 aliphatic carbocycles. The first-order valence-corrected chi connectivity index (χ1v) is 8.40. The van der Waals surface area contributed by atoms with Gasteiger partial charge in [0, 0.05) is 24.0 Å². The van der Waals surface area contributed by atoms with Crippen molar-refractivity contribution in [2.24, 2.45) is 11.7 Å². The van der Waals surface area contributed by atoms with Crippen LogP contribution in [-0.4, -0.2) is 35.7 Å². The van der Waals surface area contributed by atoms with Crippen molar-refractivity contribution in [1.82, 2.24) is 4.90 Å². The maximum absolute atomic E-state index is 12.4. The zero-order valence-electron chi connectivity index (χ0n) is 12.1. The predicted octanol–water partition coefficient (Wildman–Crippen LogP) is 2.75. The van der Waals surface area contributed by atoms with E-state index in [1.807, 2.05) is 35.2 Å². The van der Waals surface area contributed by atoms with Gasteiger partial charge in [-0.25, -0.2) is 0 Å². The molecule has 1 aliphatic heterocycles. The Morgan fingerprint density at radius 2 is 2.15 bits per heavy atom. The predicted molar refractivity (Wildman–Crippen MR) is 84.7 cm³/mol. The van der Waals surface area contributed by atoms with Crippen LogP contribution in [0.1, 0.15) is 26.2 Å². The molecule has 1 amide bonds. The summed E-state index contributed by atoms with van der Waals surface area (Å²) >= 11 is 1.61. The highest BCUT2D eigenvalue weighted by Crippen LogP contribution is 2.26. The number of benzene rings is 1. The Labute approximate surface area is 125 Å². The molecule has 1 heterocycles. The van der Waals surface area contributed by atoms with Crippen LogP contribution in [0.15, 0.2) is 35.2 Å². The largest absolute Gasteiger partial charge is 0.338 e. The van der Waals surface area contributed by atoms with E-state index in [0.29, 0.717) is 12.3 Å². The van der Waals surface area contributed by atoms with E-state index in [1.54, 1.807) is 11.8 Å². The summed E-state index contributed by atoms with van der Waals surface area (Å²) in [6, 6.07) is 10.3. The monoisotopic (exact) mass is 292 g/mol. The Bertz CT molecular complexity index is 424. The van der Waals surface area contributed by atoms with Crippen molar-refractivity contribution >= 4 is 17.7 Å². The van der Waals surface area contributed by atoms with Gasteiger partial charge in [-0.3, -0.25) is 4.79 Å². The highest BCUT2D eigenvalue weighted by molar-refractivity contribution is 8.00. The van der Waals surface area contributed by atoms with Gasteiger partial charge in [0.15, 0.2) is 0 Å². The van der Waals surface area contributed by atoms with Crippen molar-refractivity contribution in [2.75, 3.05) is 18.8 Å². The van der Waals surface area contributed by atoms with Crippen LogP contribution in [0.4, 0.5) is 0 Å². The van der Waals surface area contributed by atoms with Crippen LogP contribution in [0.25, 0.3) is 0 Å². The summed E-state index contributed by atoms with van der Waals surface area (Å²) in [5, 5.41) is 0. The van der Waals surface area contributed by atoms with Gasteiger partial charge in [-0.1, -0.05) is 31.5 Å². The number of piperidine rings is 1. The Morgan fingerprint density at radius 3 is 2.80 bits per heavy atom. The first-order chi connectivity index (χ1) is 9.74. The fraction of sp³-hybridized carbons (Fsp3) is 0.562. The maximum atomic E-state index is 12.4. The topological polar surface area (TPSA) is 46.3 Å². The minimum absolute atomic E-state index is 0.226. The Hall–Kier alpha value is -1.00. The van der Waals surface area contributed by atoms with E-state index in [-0.39, 0.29) is 11.9 Å². The molecule has 1 saturated heterocycles. The van der Waals surface area contributed by atoms with Gasteiger partial charge in [-0.15, -0.1) is 11.8 Å². The van der Waals surface area contributed by atoms with Crippen LogP contribution in [0.5, 0.6) is 0 Å². The molecule has 2 unspecified atom stereocenters. The number of carbonyl (C=O) groups excluding carboxylic acids is 1.